The van der Waals surface area contributed by atoms with E-state index in [0.717, 1.165) is 35.5 Å². The molecule has 0 aliphatic carbocycles. The average Bonchev–Trinajstić information content (AvgIpc) is 2.82. The highest BCUT2D eigenvalue weighted by Gasteiger charge is 2.22. The molecule has 0 spiro atoms. The zero-order chi connectivity index (χ0) is 13.1. The number of benzene rings is 1. The summed E-state index contributed by atoms with van der Waals surface area (Å²) in [6.45, 7) is 0.863. The molecule has 19 heavy (non-hydrogen) atoms. The Hall–Kier alpha value is -1.24. The van der Waals surface area contributed by atoms with Crippen molar-refractivity contribution in [3.05, 3.63) is 52.6 Å². The summed E-state index contributed by atoms with van der Waals surface area (Å²) in [5.41, 5.74) is 1.21. The van der Waals surface area contributed by atoms with E-state index in [4.69, 9.17) is 9.22 Å². The van der Waals surface area contributed by atoms with Crippen LogP contribution in [0.3, 0.4) is 0 Å². The van der Waals surface area contributed by atoms with Crippen molar-refractivity contribution in [2.75, 3.05) is 10.8 Å². The largest absolute Gasteiger partial charge is 0.324 e. The molecule has 1 aromatic carbocycles. The van der Waals surface area contributed by atoms with Crippen LogP contribution in [0, 0.1) is 0 Å². The van der Waals surface area contributed by atoms with Crippen molar-refractivity contribution in [3.8, 4) is 5.75 Å². The molecule has 0 atom stereocenters. The molecule has 6 heteroatoms. The lowest BCUT2D eigenvalue weighted by Gasteiger charge is -2.14. The van der Waals surface area contributed by atoms with Gasteiger partial charge in [0.15, 0.2) is 18.0 Å². The number of anilines is 1. The number of para-hydroxylation sites is 1. The molecule has 1 aromatic heterocycles. The van der Waals surface area contributed by atoms with Gasteiger partial charge in [0.05, 0.1) is 0 Å². The quantitative estimate of drug-likeness (QED) is 0.367. The first-order valence-electron chi connectivity index (χ1n) is 5.81. The Morgan fingerprint density at radius 3 is 2.95 bits per heavy atom. The summed E-state index contributed by atoms with van der Waals surface area (Å²) < 4.78 is 8.16. The number of hydrogen-bond donors (Lipinski definition) is 0. The molecule has 4 nitrogen and oxygen atoms in total. The van der Waals surface area contributed by atoms with Crippen LogP contribution >= 0.6 is 28.2 Å². The van der Waals surface area contributed by atoms with Crippen LogP contribution < -0.4 is 9.19 Å². The van der Waals surface area contributed by atoms with Gasteiger partial charge in [-0.3, -0.25) is 4.31 Å². The number of rotatable bonds is 4. The summed E-state index contributed by atoms with van der Waals surface area (Å²) in [4.78, 5) is 9.58. The maximum absolute atomic E-state index is 5.19. The summed E-state index contributed by atoms with van der Waals surface area (Å²) in [6.07, 6.45) is 2.75. The van der Waals surface area contributed by atoms with Crippen LogP contribution in [0.5, 0.6) is 5.75 Å². The van der Waals surface area contributed by atoms with Gasteiger partial charge in [-0.2, -0.15) is 0 Å². The van der Waals surface area contributed by atoms with E-state index in [2.05, 4.69) is 27.0 Å². The highest BCUT2D eigenvalue weighted by atomic mass is 79.9. The minimum Gasteiger partial charge on any atom is -0.324 e. The second kappa shape index (κ2) is 5.81. The van der Waals surface area contributed by atoms with Crippen LogP contribution in [-0.4, -0.2) is 11.5 Å². The summed E-state index contributed by atoms with van der Waals surface area (Å²) in [5.74, 6) is 1.61. The third-order valence-electron chi connectivity index (χ3n) is 2.72. The Morgan fingerprint density at radius 1 is 1.26 bits per heavy atom. The highest BCUT2D eigenvalue weighted by Crippen LogP contribution is 2.33. The van der Waals surface area contributed by atoms with E-state index < -0.39 is 0 Å². The molecule has 0 N–H and O–H groups in total. The molecule has 0 amide bonds. The maximum atomic E-state index is 5.19. The molecule has 0 saturated heterocycles. The second-order valence-corrected chi connectivity index (χ2v) is 5.67. The standard InChI is InChI=1S/C13H11BrN2O2S/c14-11-8-10-6-7-16(13(10)15-9-11)19-18-17-12-4-2-1-3-5-12/h1-5,8-9H,6-7H2. The number of nitrogens with zero attached hydrogens (tertiary/aromatic N) is 2. The fourth-order valence-electron chi connectivity index (χ4n) is 1.85. The average molecular weight is 339 g/mol. The summed E-state index contributed by atoms with van der Waals surface area (Å²) in [7, 11) is 0. The Bertz CT molecular complexity index is 568. The van der Waals surface area contributed by atoms with Gasteiger partial charge in [0.1, 0.15) is 5.82 Å². The molecular weight excluding hydrogens is 328 g/mol. The van der Waals surface area contributed by atoms with Crippen LogP contribution in [0.25, 0.3) is 0 Å². The normalized spacial score (nSPS) is 13.4. The fraction of sp³-hybridized carbons (Fsp3) is 0.154. The SMILES string of the molecule is Brc1cnc2c(c1)CCN2SOOc1ccccc1. The third-order valence-corrected chi connectivity index (χ3v) is 3.82. The Morgan fingerprint density at radius 2 is 2.11 bits per heavy atom. The van der Waals surface area contributed by atoms with E-state index in [-0.39, 0.29) is 0 Å². The Labute approximate surface area is 124 Å². The smallest absolute Gasteiger partial charge is 0.166 e. The van der Waals surface area contributed by atoms with E-state index >= 15 is 0 Å². The first-order valence-corrected chi connectivity index (χ1v) is 7.30. The van der Waals surface area contributed by atoms with Gasteiger partial charge in [0.25, 0.3) is 0 Å². The zero-order valence-corrected chi connectivity index (χ0v) is 12.4. The first-order chi connectivity index (χ1) is 9.33. The fourth-order valence-corrected chi connectivity index (χ4v) is 2.81. The van der Waals surface area contributed by atoms with Crippen LogP contribution in [0.4, 0.5) is 5.82 Å². The van der Waals surface area contributed by atoms with Gasteiger partial charge in [0, 0.05) is 17.2 Å². The van der Waals surface area contributed by atoms with Crippen molar-refractivity contribution in [1.82, 2.24) is 4.98 Å². The van der Waals surface area contributed by atoms with E-state index in [1.54, 1.807) is 6.20 Å². The van der Waals surface area contributed by atoms with Crippen molar-refractivity contribution in [2.24, 2.45) is 0 Å². The summed E-state index contributed by atoms with van der Waals surface area (Å²) >= 11 is 4.59. The van der Waals surface area contributed by atoms with Crippen molar-refractivity contribution in [3.63, 3.8) is 0 Å². The molecular formula is C13H11BrN2O2S. The van der Waals surface area contributed by atoms with Crippen molar-refractivity contribution in [1.29, 1.82) is 0 Å². The molecule has 2 aromatic rings. The molecule has 0 saturated carbocycles. The molecule has 0 fully saturated rings. The second-order valence-electron chi connectivity index (χ2n) is 4.03. The molecule has 98 valence electrons. The van der Waals surface area contributed by atoms with E-state index in [1.807, 2.05) is 34.6 Å². The highest BCUT2D eigenvalue weighted by molar-refractivity contribution is 9.10. The van der Waals surface area contributed by atoms with Gasteiger partial charge in [0.2, 0.25) is 0 Å². The predicted octanol–water partition coefficient (Wildman–Crippen LogP) is 3.78. The zero-order valence-electron chi connectivity index (χ0n) is 9.95. The monoisotopic (exact) mass is 338 g/mol. The number of aromatic nitrogens is 1. The Balaban J connectivity index is 1.58. The lowest BCUT2D eigenvalue weighted by molar-refractivity contribution is -0.0779. The minimum atomic E-state index is 0.679. The molecule has 0 bridgehead atoms. The van der Waals surface area contributed by atoms with Crippen molar-refractivity contribution < 1.29 is 9.22 Å². The number of pyridine rings is 1. The van der Waals surface area contributed by atoms with E-state index in [1.165, 1.54) is 5.56 Å². The van der Waals surface area contributed by atoms with Crippen LogP contribution in [-0.2, 0) is 10.8 Å². The van der Waals surface area contributed by atoms with Gasteiger partial charge >= 0.3 is 0 Å². The Kier molecular flexibility index (Phi) is 3.91. The topological polar surface area (TPSA) is 34.6 Å². The predicted molar refractivity (Wildman–Crippen MR) is 78.7 cm³/mol. The van der Waals surface area contributed by atoms with Crippen molar-refractivity contribution in [2.45, 2.75) is 6.42 Å². The maximum Gasteiger partial charge on any atom is 0.166 e. The number of hydrogen-bond acceptors (Lipinski definition) is 5. The van der Waals surface area contributed by atoms with E-state index in [9.17, 15) is 0 Å². The van der Waals surface area contributed by atoms with Gasteiger partial charge in [-0.1, -0.05) is 22.5 Å². The van der Waals surface area contributed by atoms with Gasteiger partial charge in [-0.25, -0.2) is 4.98 Å². The molecule has 2 heterocycles. The van der Waals surface area contributed by atoms with E-state index in [0.29, 0.717) is 5.75 Å². The van der Waals surface area contributed by atoms with Crippen LogP contribution in [0.1, 0.15) is 5.56 Å². The van der Waals surface area contributed by atoms with Gasteiger partial charge < -0.3 is 4.89 Å². The van der Waals surface area contributed by atoms with Gasteiger partial charge in [-0.05, 0) is 46.1 Å². The van der Waals surface area contributed by atoms with Crippen LogP contribution in [0.2, 0.25) is 0 Å². The summed E-state index contributed by atoms with van der Waals surface area (Å²) in [6, 6.07) is 11.5. The van der Waals surface area contributed by atoms with Crippen LogP contribution in [0.15, 0.2) is 47.1 Å². The molecule has 0 radical (unpaired) electrons. The molecule has 0 unspecified atom stereocenters. The minimum absolute atomic E-state index is 0.679. The molecule has 1 aliphatic rings. The van der Waals surface area contributed by atoms with Gasteiger partial charge in [-0.15, -0.1) is 0 Å². The first kappa shape index (κ1) is 12.8. The van der Waals surface area contributed by atoms with Crippen molar-refractivity contribution >= 4 is 34.0 Å². The molecule has 3 rings (SSSR count). The lowest BCUT2D eigenvalue weighted by Crippen LogP contribution is -2.12. The summed E-state index contributed by atoms with van der Waals surface area (Å²) in [5, 5.41) is 0. The number of halogens is 1. The third kappa shape index (κ3) is 3.02. The number of fused-ring (bicyclic) bond motifs is 1. The molecule has 1 aliphatic heterocycles. The lowest BCUT2D eigenvalue weighted by atomic mass is 10.2.